The third-order valence-electron chi connectivity index (χ3n) is 3.69. The maximum absolute atomic E-state index is 12.0. The van der Waals surface area contributed by atoms with Gasteiger partial charge < -0.3 is 14.8 Å². The first-order chi connectivity index (χ1) is 12.9. The van der Waals surface area contributed by atoms with Crippen LogP contribution < -0.4 is 15.0 Å². The van der Waals surface area contributed by atoms with Crippen LogP contribution in [0.2, 0.25) is 10.0 Å². The van der Waals surface area contributed by atoms with Crippen molar-refractivity contribution in [3.05, 3.63) is 52.5 Å². The number of nitrogens with zero attached hydrogens (tertiary/aromatic N) is 1. The van der Waals surface area contributed by atoms with Gasteiger partial charge in [-0.3, -0.25) is 9.69 Å². The maximum Gasteiger partial charge on any atom is 0.413 e. The Bertz CT molecular complexity index is 797. The Labute approximate surface area is 168 Å². The number of nitrogens with one attached hydrogen (secondary N) is 1. The number of rotatable bonds is 7. The second-order valence-electron chi connectivity index (χ2n) is 5.65. The fraction of sp³-hybridized carbons (Fsp3) is 0.263. The van der Waals surface area contributed by atoms with Crippen molar-refractivity contribution >= 4 is 46.6 Å². The van der Waals surface area contributed by atoms with Crippen LogP contribution in [0.4, 0.5) is 16.2 Å². The van der Waals surface area contributed by atoms with Gasteiger partial charge in [0.2, 0.25) is 5.91 Å². The predicted octanol–water partition coefficient (Wildman–Crippen LogP) is 4.99. The van der Waals surface area contributed by atoms with E-state index in [9.17, 15) is 9.59 Å². The average molecular weight is 411 g/mol. The molecule has 0 bridgehead atoms. The molecule has 0 fully saturated rings. The van der Waals surface area contributed by atoms with Crippen LogP contribution in [-0.2, 0) is 9.53 Å². The van der Waals surface area contributed by atoms with Crippen molar-refractivity contribution in [3.8, 4) is 5.75 Å². The van der Waals surface area contributed by atoms with Crippen LogP contribution in [-0.4, -0.2) is 32.8 Å². The zero-order valence-electron chi connectivity index (χ0n) is 15.0. The molecule has 0 unspecified atom stereocenters. The Kier molecular flexibility index (Phi) is 7.76. The standard InChI is InChI=1S/C19H20Cl2N2O4/c1-23(19(25)26-2)15-8-6-14(7-9-15)22-18(24)4-3-11-27-17-10-5-13(20)12-16(17)21/h5-10,12H,3-4,11H2,1-2H3,(H,22,24). The summed E-state index contributed by atoms with van der Waals surface area (Å²) in [6.07, 6.45) is 0.371. The molecule has 0 saturated heterocycles. The number of hydrogen-bond donors (Lipinski definition) is 1. The highest BCUT2D eigenvalue weighted by atomic mass is 35.5. The van der Waals surface area contributed by atoms with Crippen molar-refractivity contribution in [1.82, 2.24) is 0 Å². The SMILES string of the molecule is COC(=O)N(C)c1ccc(NC(=O)CCCOc2ccc(Cl)cc2Cl)cc1. The summed E-state index contributed by atoms with van der Waals surface area (Å²) >= 11 is 11.8. The van der Waals surface area contributed by atoms with Crippen molar-refractivity contribution < 1.29 is 19.1 Å². The summed E-state index contributed by atoms with van der Waals surface area (Å²) in [4.78, 5) is 24.8. The first kappa shape index (κ1) is 20.9. The van der Waals surface area contributed by atoms with Gasteiger partial charge in [-0.2, -0.15) is 0 Å². The molecule has 0 aliphatic carbocycles. The summed E-state index contributed by atoms with van der Waals surface area (Å²) in [5, 5.41) is 3.77. The summed E-state index contributed by atoms with van der Waals surface area (Å²) in [5.74, 6) is 0.404. The van der Waals surface area contributed by atoms with Crippen LogP contribution in [0, 0.1) is 0 Å². The van der Waals surface area contributed by atoms with Crippen molar-refractivity contribution in [2.24, 2.45) is 0 Å². The Morgan fingerprint density at radius 1 is 1.11 bits per heavy atom. The van der Waals surface area contributed by atoms with Crippen molar-refractivity contribution in [3.63, 3.8) is 0 Å². The molecule has 6 nitrogen and oxygen atoms in total. The molecule has 2 rings (SSSR count). The molecule has 144 valence electrons. The van der Waals surface area contributed by atoms with Crippen molar-refractivity contribution in [2.45, 2.75) is 12.8 Å². The van der Waals surface area contributed by atoms with Crippen LogP contribution in [0.3, 0.4) is 0 Å². The summed E-state index contributed by atoms with van der Waals surface area (Å²) in [5.41, 5.74) is 1.30. The Morgan fingerprint density at radius 3 is 2.44 bits per heavy atom. The zero-order chi connectivity index (χ0) is 19.8. The number of halogens is 2. The van der Waals surface area contributed by atoms with Crippen molar-refractivity contribution in [2.75, 3.05) is 31.0 Å². The van der Waals surface area contributed by atoms with Gasteiger partial charge in [-0.25, -0.2) is 4.79 Å². The molecule has 0 saturated carbocycles. The average Bonchev–Trinajstić information content (AvgIpc) is 2.66. The summed E-state index contributed by atoms with van der Waals surface area (Å²) in [6, 6.07) is 11.9. The van der Waals surface area contributed by atoms with Gasteiger partial charge in [0, 0.05) is 29.9 Å². The van der Waals surface area contributed by atoms with Crippen molar-refractivity contribution in [1.29, 1.82) is 0 Å². The van der Waals surface area contributed by atoms with E-state index in [1.807, 2.05) is 0 Å². The second-order valence-corrected chi connectivity index (χ2v) is 6.49. The van der Waals surface area contributed by atoms with E-state index in [0.29, 0.717) is 46.6 Å². The quantitative estimate of drug-likeness (QED) is 0.652. The molecule has 27 heavy (non-hydrogen) atoms. The smallest absolute Gasteiger partial charge is 0.413 e. The lowest BCUT2D eigenvalue weighted by Crippen LogP contribution is -2.25. The first-order valence-electron chi connectivity index (χ1n) is 8.20. The molecule has 0 atom stereocenters. The van der Waals surface area contributed by atoms with E-state index in [4.69, 9.17) is 27.9 Å². The Morgan fingerprint density at radius 2 is 1.81 bits per heavy atom. The molecule has 2 aromatic carbocycles. The maximum atomic E-state index is 12.0. The lowest BCUT2D eigenvalue weighted by Gasteiger charge is -2.16. The number of carbonyl (C=O) groups excluding carboxylic acids is 2. The number of benzene rings is 2. The highest BCUT2D eigenvalue weighted by Crippen LogP contribution is 2.27. The topological polar surface area (TPSA) is 67.9 Å². The normalized spacial score (nSPS) is 10.2. The van der Waals surface area contributed by atoms with E-state index in [0.717, 1.165) is 0 Å². The number of ether oxygens (including phenoxy) is 2. The van der Waals surface area contributed by atoms with Crippen LogP contribution >= 0.6 is 23.2 Å². The van der Waals surface area contributed by atoms with E-state index in [1.165, 1.54) is 12.0 Å². The van der Waals surface area contributed by atoms with Crippen LogP contribution in [0.15, 0.2) is 42.5 Å². The fourth-order valence-electron chi connectivity index (χ4n) is 2.24. The third-order valence-corrected chi connectivity index (χ3v) is 4.22. The molecule has 0 radical (unpaired) electrons. The molecular formula is C19H20Cl2N2O4. The van der Waals surface area contributed by atoms with E-state index in [-0.39, 0.29) is 5.91 Å². The number of amides is 2. The molecule has 2 amide bonds. The Balaban J connectivity index is 1.76. The number of carbonyl (C=O) groups is 2. The van der Waals surface area contributed by atoms with Gasteiger partial charge in [0.1, 0.15) is 5.75 Å². The van der Waals surface area contributed by atoms with Gasteiger partial charge in [0.25, 0.3) is 0 Å². The highest BCUT2D eigenvalue weighted by Gasteiger charge is 2.10. The van der Waals surface area contributed by atoms with Crippen LogP contribution in [0.5, 0.6) is 5.75 Å². The van der Waals surface area contributed by atoms with Gasteiger partial charge in [0.05, 0.1) is 18.7 Å². The van der Waals surface area contributed by atoms with E-state index in [1.54, 1.807) is 49.5 Å². The molecular weight excluding hydrogens is 391 g/mol. The predicted molar refractivity (Wildman–Crippen MR) is 107 cm³/mol. The molecule has 8 heteroatoms. The van der Waals surface area contributed by atoms with Gasteiger partial charge in [-0.15, -0.1) is 0 Å². The zero-order valence-corrected chi connectivity index (χ0v) is 16.5. The highest BCUT2D eigenvalue weighted by molar-refractivity contribution is 6.35. The number of methoxy groups -OCH3 is 1. The lowest BCUT2D eigenvalue weighted by atomic mass is 10.2. The number of anilines is 2. The second kappa shape index (κ2) is 10.0. The molecule has 1 N–H and O–H groups in total. The Hall–Kier alpha value is -2.44. The molecule has 0 aromatic heterocycles. The minimum absolute atomic E-state index is 0.130. The fourth-order valence-corrected chi connectivity index (χ4v) is 2.70. The summed E-state index contributed by atoms with van der Waals surface area (Å²) < 4.78 is 10.2. The molecule has 0 aliphatic rings. The van der Waals surface area contributed by atoms with Crippen LogP contribution in [0.1, 0.15) is 12.8 Å². The molecule has 0 spiro atoms. The first-order valence-corrected chi connectivity index (χ1v) is 8.95. The van der Waals surface area contributed by atoms with Crippen LogP contribution in [0.25, 0.3) is 0 Å². The van der Waals surface area contributed by atoms with E-state index in [2.05, 4.69) is 10.1 Å². The minimum Gasteiger partial charge on any atom is -0.492 e. The van der Waals surface area contributed by atoms with Gasteiger partial charge >= 0.3 is 6.09 Å². The van der Waals surface area contributed by atoms with Gasteiger partial charge in [-0.1, -0.05) is 23.2 Å². The van der Waals surface area contributed by atoms with Gasteiger partial charge in [-0.05, 0) is 48.9 Å². The minimum atomic E-state index is -0.465. The largest absolute Gasteiger partial charge is 0.492 e. The van der Waals surface area contributed by atoms with E-state index >= 15 is 0 Å². The summed E-state index contributed by atoms with van der Waals surface area (Å²) in [6.45, 7) is 0.359. The monoisotopic (exact) mass is 410 g/mol. The third kappa shape index (κ3) is 6.34. The lowest BCUT2D eigenvalue weighted by molar-refractivity contribution is -0.116. The molecule has 2 aromatic rings. The summed E-state index contributed by atoms with van der Waals surface area (Å²) in [7, 11) is 2.92. The molecule has 0 aliphatic heterocycles. The molecule has 0 heterocycles. The number of hydrogen-bond acceptors (Lipinski definition) is 4. The van der Waals surface area contributed by atoms with Gasteiger partial charge in [0.15, 0.2) is 0 Å². The van der Waals surface area contributed by atoms with E-state index < -0.39 is 6.09 Å².